The predicted octanol–water partition coefficient (Wildman–Crippen LogP) is 2.63. The Labute approximate surface area is 154 Å². The van der Waals surface area contributed by atoms with Gasteiger partial charge in [0.25, 0.3) is 0 Å². The molecule has 0 bridgehead atoms. The van der Waals surface area contributed by atoms with Crippen LogP contribution in [0.15, 0.2) is 30.5 Å². The summed E-state index contributed by atoms with van der Waals surface area (Å²) in [7, 11) is 2.18. The third-order valence-electron chi connectivity index (χ3n) is 5.02. The maximum absolute atomic E-state index is 5.96. The number of aromatic nitrogens is 3. The van der Waals surface area contributed by atoms with Gasteiger partial charge in [0.05, 0.1) is 30.6 Å². The van der Waals surface area contributed by atoms with Gasteiger partial charge in [0.1, 0.15) is 0 Å². The highest BCUT2D eigenvalue weighted by Crippen LogP contribution is 2.31. The molecule has 6 nitrogen and oxygen atoms in total. The van der Waals surface area contributed by atoms with Gasteiger partial charge in [-0.2, -0.15) is 0 Å². The molecule has 0 aliphatic carbocycles. The highest BCUT2D eigenvalue weighted by Gasteiger charge is 2.39. The van der Waals surface area contributed by atoms with Gasteiger partial charge >= 0.3 is 0 Å². The molecule has 0 radical (unpaired) electrons. The first-order chi connectivity index (χ1) is 12.2. The molecule has 2 aliphatic heterocycles. The van der Waals surface area contributed by atoms with E-state index in [1.54, 1.807) is 11.3 Å². The van der Waals surface area contributed by atoms with Crippen molar-refractivity contribution in [2.75, 3.05) is 38.2 Å². The van der Waals surface area contributed by atoms with Crippen molar-refractivity contribution in [2.45, 2.75) is 12.1 Å². The number of morpholine rings is 1. The minimum Gasteiger partial charge on any atom is -0.373 e. The molecule has 4 heterocycles. The van der Waals surface area contributed by atoms with Crippen molar-refractivity contribution in [3.8, 4) is 11.3 Å². The molecule has 25 heavy (non-hydrogen) atoms. The molecule has 0 spiro atoms. The van der Waals surface area contributed by atoms with Crippen molar-refractivity contribution in [3.63, 3.8) is 0 Å². The first kappa shape index (κ1) is 15.6. The smallest absolute Gasteiger partial charge is 0.214 e. The summed E-state index contributed by atoms with van der Waals surface area (Å²) in [6.45, 7) is 3.68. The fourth-order valence-corrected chi connectivity index (χ4v) is 4.62. The van der Waals surface area contributed by atoms with Crippen LogP contribution in [-0.2, 0) is 4.74 Å². The second-order valence-corrected chi connectivity index (χ2v) is 7.98. The van der Waals surface area contributed by atoms with Gasteiger partial charge in [-0.25, -0.2) is 9.50 Å². The Morgan fingerprint density at radius 1 is 1.24 bits per heavy atom. The van der Waals surface area contributed by atoms with E-state index in [0.29, 0.717) is 6.04 Å². The number of hydrogen-bond acceptors (Lipinski definition) is 6. The summed E-state index contributed by atoms with van der Waals surface area (Å²) in [4.78, 5) is 10.3. The number of fused-ring (bicyclic) bond motifs is 2. The molecule has 2 fully saturated rings. The van der Waals surface area contributed by atoms with Gasteiger partial charge in [-0.1, -0.05) is 35.1 Å². The van der Waals surface area contributed by atoms with Crippen LogP contribution in [0, 0.1) is 0 Å². The SMILES string of the molecule is CN1CCOC2CN(c3nn4cc(-c5ccc(Cl)cc5)nc4s3)CC21. The quantitative estimate of drug-likeness (QED) is 0.689. The molecule has 0 saturated carbocycles. The Kier molecular flexibility index (Phi) is 3.71. The van der Waals surface area contributed by atoms with Crippen molar-refractivity contribution in [2.24, 2.45) is 0 Å². The molecule has 2 unspecified atom stereocenters. The molecule has 8 heteroatoms. The van der Waals surface area contributed by atoms with Crippen molar-refractivity contribution in [1.82, 2.24) is 19.5 Å². The van der Waals surface area contributed by atoms with Crippen molar-refractivity contribution in [3.05, 3.63) is 35.5 Å². The van der Waals surface area contributed by atoms with Crippen LogP contribution in [-0.4, -0.2) is 64.9 Å². The van der Waals surface area contributed by atoms with Crippen molar-refractivity contribution < 1.29 is 4.74 Å². The number of likely N-dealkylation sites (N-methyl/N-ethyl adjacent to an activating group) is 1. The number of hydrogen-bond donors (Lipinski definition) is 0. The molecular weight excluding hydrogens is 358 g/mol. The Balaban J connectivity index is 1.40. The van der Waals surface area contributed by atoms with E-state index in [1.807, 2.05) is 35.0 Å². The van der Waals surface area contributed by atoms with Crippen LogP contribution in [0.1, 0.15) is 0 Å². The van der Waals surface area contributed by atoms with E-state index >= 15 is 0 Å². The fourth-order valence-electron chi connectivity index (χ4n) is 3.59. The number of benzene rings is 1. The lowest BCUT2D eigenvalue weighted by molar-refractivity contribution is -0.0362. The largest absolute Gasteiger partial charge is 0.373 e. The van der Waals surface area contributed by atoms with E-state index in [2.05, 4.69) is 16.8 Å². The minimum absolute atomic E-state index is 0.277. The lowest BCUT2D eigenvalue weighted by Crippen LogP contribution is -2.48. The topological polar surface area (TPSA) is 45.9 Å². The lowest BCUT2D eigenvalue weighted by Gasteiger charge is -2.33. The molecule has 0 amide bonds. The van der Waals surface area contributed by atoms with Crippen molar-refractivity contribution in [1.29, 1.82) is 0 Å². The summed E-state index contributed by atoms with van der Waals surface area (Å²) >= 11 is 7.58. The third kappa shape index (κ3) is 2.71. The molecule has 2 saturated heterocycles. The van der Waals surface area contributed by atoms with Gasteiger partial charge in [-0.05, 0) is 19.2 Å². The normalized spacial score (nSPS) is 24.2. The number of imidazole rings is 1. The molecule has 0 N–H and O–H groups in total. The van der Waals surface area contributed by atoms with Crippen LogP contribution in [0.25, 0.3) is 16.2 Å². The summed E-state index contributed by atoms with van der Waals surface area (Å²) in [5.41, 5.74) is 1.96. The predicted molar refractivity (Wildman–Crippen MR) is 99.7 cm³/mol. The van der Waals surface area contributed by atoms with E-state index in [9.17, 15) is 0 Å². The van der Waals surface area contributed by atoms with Crippen LogP contribution < -0.4 is 4.90 Å². The van der Waals surface area contributed by atoms with Gasteiger partial charge in [0.2, 0.25) is 10.1 Å². The zero-order chi connectivity index (χ0) is 17.0. The maximum atomic E-state index is 5.96. The van der Waals surface area contributed by atoms with E-state index in [-0.39, 0.29) is 6.10 Å². The molecule has 2 aliphatic rings. The number of anilines is 1. The minimum atomic E-state index is 0.277. The monoisotopic (exact) mass is 375 g/mol. The van der Waals surface area contributed by atoms with E-state index in [1.165, 1.54) is 0 Å². The zero-order valence-corrected chi connectivity index (χ0v) is 15.4. The molecule has 5 rings (SSSR count). The van der Waals surface area contributed by atoms with Gasteiger partial charge in [0.15, 0.2) is 0 Å². The average molecular weight is 376 g/mol. The summed E-state index contributed by atoms with van der Waals surface area (Å²) < 4.78 is 7.80. The fraction of sp³-hybridized carbons (Fsp3) is 0.412. The van der Waals surface area contributed by atoms with Gasteiger partial charge < -0.3 is 9.64 Å². The van der Waals surface area contributed by atoms with Gasteiger partial charge in [-0.15, -0.1) is 5.10 Å². The Morgan fingerprint density at radius 2 is 2.08 bits per heavy atom. The van der Waals surface area contributed by atoms with Crippen LogP contribution >= 0.6 is 22.9 Å². The van der Waals surface area contributed by atoms with E-state index in [4.69, 9.17) is 26.4 Å². The number of rotatable bonds is 2. The molecule has 2 aromatic heterocycles. The average Bonchev–Trinajstić information content (AvgIpc) is 3.27. The molecule has 130 valence electrons. The van der Waals surface area contributed by atoms with E-state index in [0.717, 1.165) is 52.6 Å². The number of nitrogens with zero attached hydrogens (tertiary/aromatic N) is 5. The van der Waals surface area contributed by atoms with Gasteiger partial charge in [0, 0.05) is 30.2 Å². The standard InChI is InChI=1S/C17H18ClN5OS/c1-21-6-7-24-15-10-22(9-14(15)21)17-20-23-8-13(19-16(23)25-17)11-2-4-12(18)5-3-11/h2-5,8,14-15H,6-7,9-10H2,1H3. The van der Waals surface area contributed by atoms with Crippen LogP contribution in [0.4, 0.5) is 5.13 Å². The third-order valence-corrected chi connectivity index (χ3v) is 6.26. The molecule has 2 atom stereocenters. The highest BCUT2D eigenvalue weighted by molar-refractivity contribution is 7.20. The second-order valence-electron chi connectivity index (χ2n) is 6.61. The Hall–Kier alpha value is -1.67. The van der Waals surface area contributed by atoms with Crippen LogP contribution in [0.5, 0.6) is 0 Å². The van der Waals surface area contributed by atoms with Crippen LogP contribution in [0.3, 0.4) is 0 Å². The Bertz CT molecular complexity index is 876. The number of halogens is 1. The van der Waals surface area contributed by atoms with E-state index < -0.39 is 0 Å². The van der Waals surface area contributed by atoms with Gasteiger partial charge in [-0.3, -0.25) is 4.90 Å². The first-order valence-corrected chi connectivity index (χ1v) is 9.56. The highest BCUT2D eigenvalue weighted by atomic mass is 35.5. The summed E-state index contributed by atoms with van der Waals surface area (Å²) in [6, 6.07) is 8.17. The summed E-state index contributed by atoms with van der Waals surface area (Å²) in [5, 5.41) is 6.48. The molecule has 3 aromatic rings. The van der Waals surface area contributed by atoms with Crippen LogP contribution in [0.2, 0.25) is 5.02 Å². The number of ether oxygens (including phenoxy) is 1. The van der Waals surface area contributed by atoms with Crippen molar-refractivity contribution >= 4 is 33.0 Å². The molecular formula is C17H18ClN5OS. The second kappa shape index (κ2) is 5.95. The first-order valence-electron chi connectivity index (χ1n) is 8.36. The maximum Gasteiger partial charge on any atom is 0.214 e. The zero-order valence-electron chi connectivity index (χ0n) is 13.8. The summed E-state index contributed by atoms with van der Waals surface area (Å²) in [6.07, 6.45) is 2.25. The Morgan fingerprint density at radius 3 is 2.84 bits per heavy atom. The lowest BCUT2D eigenvalue weighted by atomic mass is 10.1. The summed E-state index contributed by atoms with van der Waals surface area (Å²) in [5.74, 6) is 0. The molecule has 1 aromatic carbocycles.